The normalized spacial score (nSPS) is 11.6. The number of benzene rings is 1. The highest BCUT2D eigenvalue weighted by Crippen LogP contribution is 2.16. The van der Waals surface area contributed by atoms with Crippen molar-refractivity contribution in [1.82, 2.24) is 5.32 Å². The topological polar surface area (TPSA) is 67.4 Å². The van der Waals surface area contributed by atoms with E-state index in [9.17, 15) is 9.59 Å². The summed E-state index contributed by atoms with van der Waals surface area (Å²) in [5, 5.41) is 7.68. The average molecular weight is 346 g/mol. The zero-order chi connectivity index (χ0) is 17.4. The first-order valence-electron chi connectivity index (χ1n) is 7.80. The summed E-state index contributed by atoms with van der Waals surface area (Å²) in [5.74, 6) is 0.585. The van der Waals surface area contributed by atoms with Gasteiger partial charge in [0.25, 0.3) is 0 Å². The van der Waals surface area contributed by atoms with Crippen LogP contribution < -0.4 is 15.4 Å². The molecule has 1 aromatic carbocycles. The van der Waals surface area contributed by atoms with Crippen LogP contribution in [0.3, 0.4) is 0 Å². The quantitative estimate of drug-likeness (QED) is 0.769. The maximum atomic E-state index is 12.0. The Hall–Kier alpha value is -2.34. The van der Waals surface area contributed by atoms with Crippen LogP contribution in [0.1, 0.15) is 24.6 Å². The molecule has 0 unspecified atom stereocenters. The Balaban J connectivity index is 1.71. The summed E-state index contributed by atoms with van der Waals surface area (Å²) < 4.78 is 5.08. The minimum absolute atomic E-state index is 0.0217. The fourth-order valence-electron chi connectivity index (χ4n) is 2.26. The molecule has 1 atom stereocenters. The summed E-state index contributed by atoms with van der Waals surface area (Å²) in [6.07, 6.45) is 0.639. The predicted octanol–water partition coefficient (Wildman–Crippen LogP) is 3.43. The summed E-state index contributed by atoms with van der Waals surface area (Å²) in [6, 6.07) is 11.1. The molecule has 0 bridgehead atoms. The van der Waals surface area contributed by atoms with E-state index in [1.165, 1.54) is 0 Å². The van der Waals surface area contributed by atoms with Gasteiger partial charge in [0.05, 0.1) is 13.7 Å². The lowest BCUT2D eigenvalue weighted by molar-refractivity contribution is -0.122. The molecule has 1 heterocycles. The average Bonchev–Trinajstić information content (AvgIpc) is 3.07. The molecule has 0 saturated carbocycles. The van der Waals surface area contributed by atoms with Crippen molar-refractivity contribution in [1.29, 1.82) is 0 Å². The maximum absolute atomic E-state index is 12.0. The summed E-state index contributed by atoms with van der Waals surface area (Å²) in [4.78, 5) is 25.1. The molecule has 0 aliphatic carbocycles. The molecule has 0 saturated heterocycles. The molecular weight excluding hydrogens is 324 g/mol. The van der Waals surface area contributed by atoms with Gasteiger partial charge < -0.3 is 15.4 Å². The SMILES string of the molecule is COc1ccc(NC(=O)C[C@@H](C)CC(=O)NCc2cccs2)cc1. The lowest BCUT2D eigenvalue weighted by Crippen LogP contribution is -2.25. The molecule has 2 aromatic rings. The van der Waals surface area contributed by atoms with Gasteiger partial charge in [-0.2, -0.15) is 0 Å². The van der Waals surface area contributed by atoms with E-state index in [4.69, 9.17) is 4.74 Å². The van der Waals surface area contributed by atoms with E-state index in [1.807, 2.05) is 24.4 Å². The van der Waals surface area contributed by atoms with Crippen molar-refractivity contribution in [3.05, 3.63) is 46.7 Å². The Morgan fingerprint density at radius 2 is 1.83 bits per heavy atom. The number of methoxy groups -OCH3 is 1. The van der Waals surface area contributed by atoms with Crippen molar-refractivity contribution in [2.45, 2.75) is 26.3 Å². The van der Waals surface area contributed by atoms with Crippen LogP contribution in [0.25, 0.3) is 0 Å². The molecule has 2 rings (SSSR count). The fourth-order valence-corrected chi connectivity index (χ4v) is 2.91. The van der Waals surface area contributed by atoms with Gasteiger partial charge in [-0.25, -0.2) is 0 Å². The zero-order valence-electron chi connectivity index (χ0n) is 13.9. The fraction of sp³-hybridized carbons (Fsp3) is 0.333. The third kappa shape index (κ3) is 6.04. The summed E-state index contributed by atoms with van der Waals surface area (Å²) >= 11 is 1.61. The second kappa shape index (κ2) is 9.08. The van der Waals surface area contributed by atoms with Gasteiger partial charge in [-0.05, 0) is 41.6 Å². The van der Waals surface area contributed by atoms with Gasteiger partial charge in [-0.1, -0.05) is 13.0 Å². The van der Waals surface area contributed by atoms with Crippen LogP contribution in [-0.2, 0) is 16.1 Å². The van der Waals surface area contributed by atoms with E-state index in [0.717, 1.165) is 16.3 Å². The number of thiophene rings is 1. The van der Waals surface area contributed by atoms with E-state index in [2.05, 4.69) is 10.6 Å². The van der Waals surface area contributed by atoms with Crippen LogP contribution in [-0.4, -0.2) is 18.9 Å². The molecule has 2 N–H and O–H groups in total. The second-order valence-electron chi connectivity index (χ2n) is 5.65. The van der Waals surface area contributed by atoms with Gasteiger partial charge in [0, 0.05) is 23.4 Å². The van der Waals surface area contributed by atoms with Gasteiger partial charge in [0.15, 0.2) is 0 Å². The lowest BCUT2D eigenvalue weighted by Gasteiger charge is -2.12. The Kier molecular flexibility index (Phi) is 6.81. The minimum atomic E-state index is -0.0984. The molecule has 5 nitrogen and oxygen atoms in total. The Morgan fingerprint density at radius 3 is 2.46 bits per heavy atom. The van der Waals surface area contributed by atoms with Crippen molar-refractivity contribution in [3.63, 3.8) is 0 Å². The van der Waals surface area contributed by atoms with E-state index >= 15 is 0 Å². The number of carbonyl (C=O) groups excluding carboxylic acids is 2. The first-order valence-corrected chi connectivity index (χ1v) is 8.67. The highest BCUT2D eigenvalue weighted by molar-refractivity contribution is 7.09. The van der Waals surface area contributed by atoms with Crippen molar-refractivity contribution in [2.24, 2.45) is 5.92 Å². The van der Waals surface area contributed by atoms with Crippen molar-refractivity contribution in [3.8, 4) is 5.75 Å². The van der Waals surface area contributed by atoms with Gasteiger partial charge in [-0.15, -0.1) is 11.3 Å². The predicted molar refractivity (Wildman–Crippen MR) is 96.2 cm³/mol. The number of amides is 2. The lowest BCUT2D eigenvalue weighted by atomic mass is 10.0. The molecule has 24 heavy (non-hydrogen) atoms. The van der Waals surface area contributed by atoms with E-state index < -0.39 is 0 Å². The Bertz CT molecular complexity index is 653. The number of hydrogen-bond donors (Lipinski definition) is 2. The summed E-state index contributed by atoms with van der Waals surface area (Å²) in [6.45, 7) is 2.44. The third-order valence-corrected chi connectivity index (χ3v) is 4.36. The maximum Gasteiger partial charge on any atom is 0.224 e. The van der Waals surface area contributed by atoms with Crippen LogP contribution in [0, 0.1) is 5.92 Å². The van der Waals surface area contributed by atoms with Gasteiger partial charge >= 0.3 is 0 Å². The third-order valence-electron chi connectivity index (χ3n) is 3.48. The first kappa shape index (κ1) is 18.0. The number of hydrogen-bond acceptors (Lipinski definition) is 4. The molecule has 6 heteroatoms. The van der Waals surface area contributed by atoms with E-state index in [-0.39, 0.29) is 17.7 Å². The van der Waals surface area contributed by atoms with Crippen molar-refractivity contribution < 1.29 is 14.3 Å². The van der Waals surface area contributed by atoms with Crippen LogP contribution in [0.2, 0.25) is 0 Å². The molecule has 0 aliphatic rings. The monoisotopic (exact) mass is 346 g/mol. The minimum Gasteiger partial charge on any atom is -0.497 e. The highest BCUT2D eigenvalue weighted by Gasteiger charge is 2.13. The number of nitrogens with one attached hydrogen (secondary N) is 2. The number of ether oxygens (including phenoxy) is 1. The molecule has 128 valence electrons. The largest absolute Gasteiger partial charge is 0.497 e. The molecule has 2 amide bonds. The molecule has 0 aliphatic heterocycles. The van der Waals surface area contributed by atoms with Crippen LogP contribution in [0.5, 0.6) is 5.75 Å². The molecular formula is C18H22N2O3S. The first-order chi connectivity index (χ1) is 11.6. The van der Waals surface area contributed by atoms with Crippen LogP contribution >= 0.6 is 11.3 Å². The van der Waals surface area contributed by atoms with Gasteiger partial charge in [0.1, 0.15) is 5.75 Å². The Labute approximate surface area is 146 Å². The highest BCUT2D eigenvalue weighted by atomic mass is 32.1. The second-order valence-corrected chi connectivity index (χ2v) is 6.68. The summed E-state index contributed by atoms with van der Waals surface area (Å²) in [5.41, 5.74) is 0.718. The standard InChI is InChI=1S/C18H22N2O3S/c1-13(10-17(21)19-12-16-4-3-9-24-16)11-18(22)20-14-5-7-15(23-2)8-6-14/h3-9,13H,10-12H2,1-2H3,(H,19,21)(H,20,22)/t13-/m0/s1. The van der Waals surface area contributed by atoms with Gasteiger partial charge in [0.2, 0.25) is 11.8 Å². The molecule has 0 spiro atoms. The molecule has 0 fully saturated rings. The molecule has 1 aromatic heterocycles. The van der Waals surface area contributed by atoms with Crippen LogP contribution in [0.15, 0.2) is 41.8 Å². The van der Waals surface area contributed by atoms with Crippen molar-refractivity contribution >= 4 is 28.8 Å². The smallest absolute Gasteiger partial charge is 0.224 e. The number of anilines is 1. The summed E-state index contributed by atoms with van der Waals surface area (Å²) in [7, 11) is 1.60. The van der Waals surface area contributed by atoms with E-state index in [1.54, 1.807) is 42.7 Å². The number of rotatable bonds is 8. The Morgan fingerprint density at radius 1 is 1.12 bits per heavy atom. The number of carbonyl (C=O) groups is 2. The van der Waals surface area contributed by atoms with Crippen LogP contribution in [0.4, 0.5) is 5.69 Å². The molecule has 0 radical (unpaired) electrons. The zero-order valence-corrected chi connectivity index (χ0v) is 14.7. The van der Waals surface area contributed by atoms with E-state index in [0.29, 0.717) is 19.4 Å². The van der Waals surface area contributed by atoms with Crippen molar-refractivity contribution in [2.75, 3.05) is 12.4 Å². The van der Waals surface area contributed by atoms with Gasteiger partial charge in [-0.3, -0.25) is 9.59 Å².